The third kappa shape index (κ3) is 5.36. The van der Waals surface area contributed by atoms with Crippen LogP contribution in [0, 0.1) is 11.8 Å². The molecule has 1 fully saturated rings. The lowest BCUT2D eigenvalue weighted by Crippen LogP contribution is -2.47. The highest BCUT2D eigenvalue weighted by molar-refractivity contribution is 5.74. The van der Waals surface area contributed by atoms with Crippen LogP contribution in [-0.4, -0.2) is 36.1 Å². The third-order valence-corrected chi connectivity index (χ3v) is 4.66. The zero-order chi connectivity index (χ0) is 19.2. The van der Waals surface area contributed by atoms with Gasteiger partial charge in [0, 0.05) is 38.0 Å². The minimum absolute atomic E-state index is 0.00916. The summed E-state index contributed by atoms with van der Waals surface area (Å²) in [4.78, 5) is 18.6. The molecule has 2 heterocycles. The van der Waals surface area contributed by atoms with Crippen LogP contribution in [0.25, 0.3) is 0 Å². The Bertz CT molecular complexity index is 754. The van der Waals surface area contributed by atoms with Crippen LogP contribution in [0.4, 0.5) is 4.79 Å². The smallest absolute Gasteiger partial charge is 0.317 e. The number of carbonyl (C=O) groups excluding carboxylic acids is 1. The molecular formula is C21H27N3O3. The number of rotatable bonds is 5. The molecule has 0 radical (unpaired) electrons. The van der Waals surface area contributed by atoms with E-state index in [1.807, 2.05) is 29.2 Å². The minimum Gasteiger partial charge on any atom is -0.497 e. The van der Waals surface area contributed by atoms with Crippen LogP contribution in [0.1, 0.15) is 25.8 Å². The summed E-state index contributed by atoms with van der Waals surface area (Å²) in [5.74, 6) is 2.99. The second-order valence-electron chi connectivity index (χ2n) is 7.30. The fraction of sp³-hybridized carbons (Fsp3) is 0.429. The summed E-state index contributed by atoms with van der Waals surface area (Å²) in [5, 5.41) is 2.98. The zero-order valence-electron chi connectivity index (χ0n) is 16.1. The van der Waals surface area contributed by atoms with E-state index in [1.165, 1.54) is 6.42 Å². The van der Waals surface area contributed by atoms with Crippen LogP contribution in [0.2, 0.25) is 0 Å². The van der Waals surface area contributed by atoms with Gasteiger partial charge in [-0.05, 0) is 36.0 Å². The van der Waals surface area contributed by atoms with Gasteiger partial charge in [0.2, 0.25) is 5.88 Å². The molecule has 2 unspecified atom stereocenters. The highest BCUT2D eigenvalue weighted by Gasteiger charge is 2.25. The van der Waals surface area contributed by atoms with Crippen molar-refractivity contribution in [3.8, 4) is 17.4 Å². The Labute approximate surface area is 160 Å². The molecule has 3 rings (SSSR count). The number of nitrogens with one attached hydrogen (secondary N) is 1. The monoisotopic (exact) mass is 369 g/mol. The van der Waals surface area contributed by atoms with Crippen molar-refractivity contribution in [2.75, 3.05) is 20.2 Å². The maximum atomic E-state index is 12.4. The number of ether oxygens (including phenoxy) is 2. The number of urea groups is 1. The molecule has 1 N–H and O–H groups in total. The molecule has 2 amide bonds. The number of methoxy groups -OCH3 is 1. The SMILES string of the molecule is COc1cccc(Oc2ccc(CNC(=O)N3CC(C)CC(C)C3)cn2)c1. The summed E-state index contributed by atoms with van der Waals surface area (Å²) in [6, 6.07) is 11.1. The van der Waals surface area contributed by atoms with Crippen molar-refractivity contribution in [2.45, 2.75) is 26.8 Å². The van der Waals surface area contributed by atoms with Crippen molar-refractivity contribution in [1.29, 1.82) is 0 Å². The van der Waals surface area contributed by atoms with E-state index in [0.29, 0.717) is 30.0 Å². The van der Waals surface area contributed by atoms with Gasteiger partial charge >= 0.3 is 6.03 Å². The molecular weight excluding hydrogens is 342 g/mol. The lowest BCUT2D eigenvalue weighted by Gasteiger charge is -2.34. The zero-order valence-corrected chi connectivity index (χ0v) is 16.1. The largest absolute Gasteiger partial charge is 0.497 e. The molecule has 0 spiro atoms. The summed E-state index contributed by atoms with van der Waals surface area (Å²) >= 11 is 0. The maximum absolute atomic E-state index is 12.4. The number of benzene rings is 1. The van der Waals surface area contributed by atoms with Gasteiger partial charge in [0.15, 0.2) is 0 Å². The normalized spacial score (nSPS) is 19.4. The second-order valence-corrected chi connectivity index (χ2v) is 7.30. The first-order valence-corrected chi connectivity index (χ1v) is 9.33. The van der Waals surface area contributed by atoms with Crippen LogP contribution in [0.5, 0.6) is 17.4 Å². The highest BCUT2D eigenvalue weighted by Crippen LogP contribution is 2.24. The summed E-state index contributed by atoms with van der Waals surface area (Å²) in [5.41, 5.74) is 0.930. The minimum atomic E-state index is -0.00916. The van der Waals surface area contributed by atoms with E-state index in [4.69, 9.17) is 9.47 Å². The van der Waals surface area contributed by atoms with Gasteiger partial charge in [-0.1, -0.05) is 26.0 Å². The fourth-order valence-corrected chi connectivity index (χ4v) is 3.48. The average Bonchev–Trinajstić information content (AvgIpc) is 2.66. The molecule has 1 aliphatic heterocycles. The van der Waals surface area contributed by atoms with Gasteiger partial charge in [-0.2, -0.15) is 0 Å². The van der Waals surface area contributed by atoms with E-state index in [2.05, 4.69) is 24.1 Å². The lowest BCUT2D eigenvalue weighted by molar-refractivity contribution is 0.146. The fourth-order valence-electron chi connectivity index (χ4n) is 3.48. The third-order valence-electron chi connectivity index (χ3n) is 4.66. The molecule has 6 heteroatoms. The van der Waals surface area contributed by atoms with Gasteiger partial charge in [-0.3, -0.25) is 0 Å². The number of nitrogens with zero attached hydrogens (tertiary/aromatic N) is 2. The molecule has 2 aromatic rings. The van der Waals surface area contributed by atoms with Gasteiger partial charge in [0.1, 0.15) is 11.5 Å². The van der Waals surface area contributed by atoms with Crippen molar-refractivity contribution >= 4 is 6.03 Å². The Kier molecular flexibility index (Phi) is 6.16. The first-order valence-electron chi connectivity index (χ1n) is 9.33. The summed E-state index contributed by atoms with van der Waals surface area (Å²) in [6.45, 7) is 6.48. The van der Waals surface area contributed by atoms with Gasteiger partial charge in [-0.15, -0.1) is 0 Å². The van der Waals surface area contributed by atoms with E-state index < -0.39 is 0 Å². The molecule has 2 atom stereocenters. The number of carbonyl (C=O) groups is 1. The summed E-state index contributed by atoms with van der Waals surface area (Å²) in [6.07, 6.45) is 2.90. The highest BCUT2D eigenvalue weighted by atomic mass is 16.5. The number of hydrogen-bond acceptors (Lipinski definition) is 4. The molecule has 0 saturated carbocycles. The topological polar surface area (TPSA) is 63.7 Å². The summed E-state index contributed by atoms with van der Waals surface area (Å²) < 4.78 is 10.9. The Hall–Kier alpha value is -2.76. The average molecular weight is 369 g/mol. The van der Waals surface area contributed by atoms with Crippen molar-refractivity contribution in [2.24, 2.45) is 11.8 Å². The first kappa shape index (κ1) is 19.0. The van der Waals surface area contributed by atoms with Crippen molar-refractivity contribution < 1.29 is 14.3 Å². The van der Waals surface area contributed by atoms with Crippen LogP contribution >= 0.6 is 0 Å². The molecule has 1 saturated heterocycles. The number of piperidine rings is 1. The maximum Gasteiger partial charge on any atom is 0.317 e. The van der Waals surface area contributed by atoms with Crippen LogP contribution in [0.15, 0.2) is 42.6 Å². The van der Waals surface area contributed by atoms with Crippen molar-refractivity contribution in [3.05, 3.63) is 48.2 Å². The van der Waals surface area contributed by atoms with Crippen LogP contribution in [0.3, 0.4) is 0 Å². The Balaban J connectivity index is 1.52. The van der Waals surface area contributed by atoms with E-state index in [1.54, 1.807) is 25.4 Å². The standard InChI is InChI=1S/C21H27N3O3/c1-15-9-16(2)14-24(13-15)21(25)23-12-17-7-8-20(22-11-17)27-19-6-4-5-18(10-19)26-3/h4-8,10-11,15-16H,9,12-14H2,1-3H3,(H,23,25). The molecule has 6 nitrogen and oxygen atoms in total. The Morgan fingerprint density at radius 2 is 1.93 bits per heavy atom. The quantitative estimate of drug-likeness (QED) is 0.863. The predicted molar refractivity (Wildman–Crippen MR) is 104 cm³/mol. The van der Waals surface area contributed by atoms with Crippen molar-refractivity contribution in [3.63, 3.8) is 0 Å². The number of aromatic nitrogens is 1. The molecule has 0 bridgehead atoms. The number of hydrogen-bond donors (Lipinski definition) is 1. The molecule has 1 aromatic heterocycles. The van der Waals surface area contributed by atoms with E-state index >= 15 is 0 Å². The lowest BCUT2D eigenvalue weighted by atomic mass is 9.92. The number of amides is 2. The van der Waals surface area contributed by atoms with E-state index in [-0.39, 0.29) is 6.03 Å². The molecule has 1 aromatic carbocycles. The Morgan fingerprint density at radius 1 is 1.19 bits per heavy atom. The van der Waals surface area contributed by atoms with Gasteiger partial charge in [-0.25, -0.2) is 9.78 Å². The first-order chi connectivity index (χ1) is 13.0. The van der Waals surface area contributed by atoms with Crippen molar-refractivity contribution in [1.82, 2.24) is 15.2 Å². The molecule has 144 valence electrons. The van der Waals surface area contributed by atoms with E-state index in [9.17, 15) is 4.79 Å². The second kappa shape index (κ2) is 8.75. The van der Waals surface area contributed by atoms with Crippen LogP contribution in [-0.2, 0) is 6.54 Å². The molecule has 0 aliphatic carbocycles. The van der Waals surface area contributed by atoms with Gasteiger partial charge in [0.25, 0.3) is 0 Å². The number of pyridine rings is 1. The molecule has 1 aliphatic rings. The molecule has 27 heavy (non-hydrogen) atoms. The van der Waals surface area contributed by atoms with Gasteiger partial charge in [0.05, 0.1) is 7.11 Å². The Morgan fingerprint density at radius 3 is 2.59 bits per heavy atom. The number of likely N-dealkylation sites (tertiary alicyclic amines) is 1. The van der Waals surface area contributed by atoms with E-state index in [0.717, 1.165) is 24.4 Å². The summed E-state index contributed by atoms with van der Waals surface area (Å²) in [7, 11) is 1.62. The van der Waals surface area contributed by atoms with Crippen LogP contribution < -0.4 is 14.8 Å². The predicted octanol–water partition coefficient (Wildman–Crippen LogP) is 4.07. The van der Waals surface area contributed by atoms with Gasteiger partial charge < -0.3 is 19.7 Å².